The molecule has 0 aliphatic rings. The number of ether oxygens (including phenoxy) is 4. The van der Waals surface area contributed by atoms with Gasteiger partial charge in [0, 0.05) is 12.3 Å². The molecule has 0 saturated heterocycles. The molecular weight excluding hydrogens is 366 g/mol. The molecule has 2 atom stereocenters. The molecule has 0 saturated carbocycles. The number of hydrogen-bond donors (Lipinski definition) is 2. The number of hydrazone groups is 1. The maximum atomic E-state index is 11.8. The number of nitrogens with one attached hydrogen (secondary N) is 1. The van der Waals surface area contributed by atoms with Gasteiger partial charge in [0.2, 0.25) is 0 Å². The normalized spacial score (nSPS) is 13.6. The van der Waals surface area contributed by atoms with E-state index < -0.39 is 6.03 Å². The van der Waals surface area contributed by atoms with Crippen LogP contribution >= 0.6 is 0 Å². The van der Waals surface area contributed by atoms with Crippen LogP contribution in [0.4, 0.5) is 4.79 Å². The monoisotopic (exact) mass is 401 g/mol. The molecule has 28 heavy (non-hydrogen) atoms. The molecule has 0 aromatic carbocycles. The van der Waals surface area contributed by atoms with Crippen molar-refractivity contribution in [1.82, 2.24) is 5.43 Å². The lowest BCUT2D eigenvalue weighted by atomic mass is 10.2. The van der Waals surface area contributed by atoms with Crippen molar-refractivity contribution in [3.8, 4) is 0 Å². The molecule has 162 valence electrons. The Labute approximate surface area is 167 Å². The summed E-state index contributed by atoms with van der Waals surface area (Å²) in [6, 6.07) is -0.750. The number of hydrogen-bond acceptors (Lipinski definition) is 7. The van der Waals surface area contributed by atoms with Crippen LogP contribution in [-0.2, 0) is 23.7 Å². The summed E-state index contributed by atoms with van der Waals surface area (Å²) in [5.41, 5.74) is 8.73. The van der Waals surface area contributed by atoms with Crippen molar-refractivity contribution >= 4 is 17.7 Å². The van der Waals surface area contributed by atoms with Crippen LogP contribution < -0.4 is 11.2 Å². The Morgan fingerprint density at radius 2 is 1.75 bits per heavy atom. The summed E-state index contributed by atoms with van der Waals surface area (Å²) in [6.07, 6.45) is 1.90. The summed E-state index contributed by atoms with van der Waals surface area (Å²) >= 11 is 0. The summed E-state index contributed by atoms with van der Waals surface area (Å²) in [4.78, 5) is 22.3. The van der Waals surface area contributed by atoms with E-state index in [1.165, 1.54) is 0 Å². The lowest BCUT2D eigenvalue weighted by Crippen LogP contribution is -2.26. The maximum absolute atomic E-state index is 11.8. The maximum Gasteiger partial charge on any atom is 0.332 e. The number of nitrogens with zero attached hydrogens (tertiary/aromatic N) is 1. The molecule has 0 aliphatic carbocycles. The first-order chi connectivity index (χ1) is 13.2. The molecule has 0 aliphatic heterocycles. The van der Waals surface area contributed by atoms with E-state index in [1.54, 1.807) is 13.8 Å². The fourth-order valence-corrected chi connectivity index (χ4v) is 1.95. The van der Waals surface area contributed by atoms with E-state index in [2.05, 4.69) is 17.1 Å². The van der Waals surface area contributed by atoms with Gasteiger partial charge in [0.05, 0.1) is 25.7 Å². The Kier molecular flexibility index (Phi) is 14.9. The van der Waals surface area contributed by atoms with Crippen molar-refractivity contribution < 1.29 is 28.5 Å². The lowest BCUT2D eigenvalue weighted by molar-refractivity contribution is -0.152. The Balaban J connectivity index is 3.72. The smallest absolute Gasteiger partial charge is 0.332 e. The van der Waals surface area contributed by atoms with Gasteiger partial charge >= 0.3 is 12.0 Å². The minimum absolute atomic E-state index is 0.124. The highest BCUT2D eigenvalue weighted by Crippen LogP contribution is 2.03. The summed E-state index contributed by atoms with van der Waals surface area (Å²) in [6.45, 7) is 12.7. The summed E-state index contributed by atoms with van der Waals surface area (Å²) in [7, 11) is 0. The van der Waals surface area contributed by atoms with Crippen LogP contribution in [0.1, 0.15) is 53.4 Å². The van der Waals surface area contributed by atoms with Gasteiger partial charge in [-0.25, -0.2) is 10.2 Å². The molecule has 0 rings (SSSR count). The minimum Gasteiger partial charge on any atom is -0.460 e. The predicted molar refractivity (Wildman–Crippen MR) is 107 cm³/mol. The van der Waals surface area contributed by atoms with Crippen LogP contribution in [0.2, 0.25) is 0 Å². The molecule has 2 unspecified atom stereocenters. The number of carbonyl (C=O) groups is 2. The largest absolute Gasteiger partial charge is 0.460 e. The van der Waals surface area contributed by atoms with Crippen molar-refractivity contribution in [3.05, 3.63) is 12.2 Å². The quantitative estimate of drug-likeness (QED) is 0.102. The standard InChI is InChI=1S/C19H35N3O6/c1-14(2)7-6-10-25-13-27-16(4)11-26-12-17(5)28-18(23)9-8-15(3)21-22-19(20)24/h16-17H,1,6-13H2,2-5H3,(H3,20,22,24)/b21-15+. The van der Waals surface area contributed by atoms with Gasteiger partial charge in [-0.2, -0.15) is 5.10 Å². The number of allylic oxidation sites excluding steroid dienone is 1. The molecule has 9 nitrogen and oxygen atoms in total. The average Bonchev–Trinajstić information content (AvgIpc) is 2.60. The number of urea groups is 1. The predicted octanol–water partition coefficient (Wildman–Crippen LogP) is 2.49. The van der Waals surface area contributed by atoms with Gasteiger partial charge in [-0.1, -0.05) is 5.57 Å². The number of nitrogens with two attached hydrogens (primary N) is 1. The second-order valence-corrected chi connectivity index (χ2v) is 6.73. The molecule has 0 bridgehead atoms. The highest BCUT2D eigenvalue weighted by atomic mass is 16.7. The minimum atomic E-state index is -0.750. The van der Waals surface area contributed by atoms with Crippen LogP contribution in [0.15, 0.2) is 17.3 Å². The third-order valence-electron chi connectivity index (χ3n) is 3.41. The molecule has 3 N–H and O–H groups in total. The fraction of sp³-hybridized carbons (Fsp3) is 0.737. The Morgan fingerprint density at radius 3 is 2.39 bits per heavy atom. The fourth-order valence-electron chi connectivity index (χ4n) is 1.95. The molecule has 0 radical (unpaired) electrons. The third-order valence-corrected chi connectivity index (χ3v) is 3.41. The van der Waals surface area contributed by atoms with E-state index in [0.29, 0.717) is 25.3 Å². The van der Waals surface area contributed by atoms with Crippen molar-refractivity contribution in [1.29, 1.82) is 0 Å². The highest BCUT2D eigenvalue weighted by molar-refractivity contribution is 5.86. The van der Waals surface area contributed by atoms with Gasteiger partial charge in [-0.05, 0) is 47.0 Å². The van der Waals surface area contributed by atoms with Crippen LogP contribution in [0, 0.1) is 0 Å². The average molecular weight is 402 g/mol. The van der Waals surface area contributed by atoms with E-state index in [-0.39, 0.29) is 38.0 Å². The first-order valence-electron chi connectivity index (χ1n) is 9.40. The molecule has 2 amide bonds. The summed E-state index contributed by atoms with van der Waals surface area (Å²) < 4.78 is 21.6. The van der Waals surface area contributed by atoms with E-state index >= 15 is 0 Å². The highest BCUT2D eigenvalue weighted by Gasteiger charge is 2.11. The van der Waals surface area contributed by atoms with Crippen LogP contribution in [0.5, 0.6) is 0 Å². The van der Waals surface area contributed by atoms with Crippen LogP contribution in [-0.4, -0.2) is 56.5 Å². The Morgan fingerprint density at radius 1 is 1.07 bits per heavy atom. The van der Waals surface area contributed by atoms with E-state index in [4.69, 9.17) is 24.7 Å². The van der Waals surface area contributed by atoms with E-state index in [9.17, 15) is 9.59 Å². The second kappa shape index (κ2) is 16.0. The number of amides is 2. The van der Waals surface area contributed by atoms with Gasteiger partial charge in [0.1, 0.15) is 12.9 Å². The van der Waals surface area contributed by atoms with Gasteiger partial charge < -0.3 is 24.7 Å². The number of esters is 1. The number of rotatable bonds is 16. The van der Waals surface area contributed by atoms with Crippen molar-refractivity contribution in [2.45, 2.75) is 65.6 Å². The lowest BCUT2D eigenvalue weighted by Gasteiger charge is -2.17. The zero-order chi connectivity index (χ0) is 21.4. The molecule has 0 heterocycles. The van der Waals surface area contributed by atoms with E-state index in [0.717, 1.165) is 18.4 Å². The zero-order valence-electron chi connectivity index (χ0n) is 17.5. The van der Waals surface area contributed by atoms with Gasteiger partial charge in [-0.15, -0.1) is 6.58 Å². The topological polar surface area (TPSA) is 121 Å². The van der Waals surface area contributed by atoms with Crippen molar-refractivity contribution in [2.24, 2.45) is 10.8 Å². The van der Waals surface area contributed by atoms with E-state index in [1.807, 2.05) is 13.8 Å². The van der Waals surface area contributed by atoms with Crippen molar-refractivity contribution in [2.75, 3.05) is 26.6 Å². The Bertz CT molecular complexity index is 510. The van der Waals surface area contributed by atoms with Gasteiger partial charge in [0.25, 0.3) is 0 Å². The SMILES string of the molecule is C=C(C)CCCOCOC(C)COCC(C)OC(=O)CC/C(C)=N/NC(N)=O. The number of primary amides is 1. The first-order valence-corrected chi connectivity index (χ1v) is 9.40. The van der Waals surface area contributed by atoms with Crippen molar-refractivity contribution in [3.63, 3.8) is 0 Å². The first kappa shape index (κ1) is 26.0. The number of carbonyl (C=O) groups excluding carboxylic acids is 2. The second-order valence-electron chi connectivity index (χ2n) is 6.73. The van der Waals surface area contributed by atoms with Gasteiger partial charge in [0.15, 0.2) is 0 Å². The van der Waals surface area contributed by atoms with Gasteiger partial charge in [-0.3, -0.25) is 4.79 Å². The zero-order valence-corrected chi connectivity index (χ0v) is 17.5. The molecule has 0 aromatic rings. The summed E-state index contributed by atoms with van der Waals surface area (Å²) in [5, 5.41) is 3.72. The van der Waals surface area contributed by atoms with Crippen LogP contribution in [0.3, 0.4) is 0 Å². The molecular formula is C19H35N3O6. The molecule has 0 spiro atoms. The third kappa shape index (κ3) is 17.4. The molecule has 9 heteroatoms. The van der Waals surface area contributed by atoms with Crippen LogP contribution in [0.25, 0.3) is 0 Å². The molecule has 0 fully saturated rings. The summed E-state index contributed by atoms with van der Waals surface area (Å²) in [5.74, 6) is -0.364. The Hall–Kier alpha value is -1.97. The molecule has 0 aromatic heterocycles.